The molecule has 2 N–H and O–H groups in total. The Hall–Kier alpha value is -1.88. The fourth-order valence-corrected chi connectivity index (χ4v) is 1.61. The third kappa shape index (κ3) is 4.71. The van der Waals surface area contributed by atoms with Crippen molar-refractivity contribution in [2.45, 2.75) is 31.9 Å². The molecule has 19 heavy (non-hydrogen) atoms. The zero-order valence-electron chi connectivity index (χ0n) is 11.3. The molecule has 104 valence electrons. The lowest BCUT2D eigenvalue weighted by molar-refractivity contribution is -0.141. The molecule has 1 amide bonds. The van der Waals surface area contributed by atoms with E-state index in [1.54, 1.807) is 44.2 Å². The van der Waals surface area contributed by atoms with Crippen molar-refractivity contribution in [2.24, 2.45) is 0 Å². The van der Waals surface area contributed by atoms with Crippen LogP contribution < -0.4 is 5.32 Å². The third-order valence-electron chi connectivity index (χ3n) is 2.89. The van der Waals surface area contributed by atoms with Crippen LogP contribution in [0.4, 0.5) is 0 Å². The van der Waals surface area contributed by atoms with Crippen molar-refractivity contribution in [3.8, 4) is 0 Å². The molecule has 0 spiro atoms. The summed E-state index contributed by atoms with van der Waals surface area (Å²) in [6.07, 6.45) is 0.192. The van der Waals surface area contributed by atoms with Gasteiger partial charge in [0.15, 0.2) is 0 Å². The van der Waals surface area contributed by atoms with E-state index in [1.807, 2.05) is 0 Å². The topological polar surface area (TPSA) is 75.6 Å². The summed E-state index contributed by atoms with van der Waals surface area (Å²) in [7, 11) is 1.51. The van der Waals surface area contributed by atoms with Crippen LogP contribution in [0.3, 0.4) is 0 Å². The predicted octanol–water partition coefficient (Wildman–Crippen LogP) is 1.68. The summed E-state index contributed by atoms with van der Waals surface area (Å²) in [6.45, 7) is 3.55. The number of hydrogen-bond acceptors (Lipinski definition) is 3. The van der Waals surface area contributed by atoms with Crippen molar-refractivity contribution >= 4 is 11.9 Å². The molecule has 0 radical (unpaired) electrons. The van der Waals surface area contributed by atoms with Crippen LogP contribution >= 0.6 is 0 Å². The number of aliphatic carboxylic acids is 1. The average molecular weight is 265 g/mol. The highest BCUT2D eigenvalue weighted by molar-refractivity contribution is 5.96. The van der Waals surface area contributed by atoms with Crippen LogP contribution in [0, 0.1) is 0 Å². The van der Waals surface area contributed by atoms with Gasteiger partial charge in [-0.25, -0.2) is 4.79 Å². The van der Waals surface area contributed by atoms with Gasteiger partial charge in [-0.1, -0.05) is 18.2 Å². The Morgan fingerprint density at radius 3 is 2.37 bits per heavy atom. The maximum Gasteiger partial charge on any atom is 0.326 e. The molecule has 5 nitrogen and oxygen atoms in total. The molecule has 0 aliphatic heterocycles. The number of carboxylic acids is 1. The molecule has 5 heteroatoms. The summed E-state index contributed by atoms with van der Waals surface area (Å²) >= 11 is 0. The maximum absolute atomic E-state index is 11.9. The number of amides is 1. The summed E-state index contributed by atoms with van der Waals surface area (Å²) in [4.78, 5) is 23.1. The number of methoxy groups -OCH3 is 1. The summed E-state index contributed by atoms with van der Waals surface area (Å²) in [6, 6.07) is 7.53. The van der Waals surface area contributed by atoms with Gasteiger partial charge < -0.3 is 15.2 Å². The van der Waals surface area contributed by atoms with Gasteiger partial charge in [0.05, 0.1) is 5.60 Å². The molecule has 0 saturated heterocycles. The number of carbonyl (C=O) groups is 2. The fraction of sp³-hybridized carbons (Fsp3) is 0.429. The van der Waals surface area contributed by atoms with E-state index in [0.29, 0.717) is 5.56 Å². The van der Waals surface area contributed by atoms with Crippen LogP contribution in [0.15, 0.2) is 30.3 Å². The summed E-state index contributed by atoms with van der Waals surface area (Å²) in [5.41, 5.74) is -0.184. The second-order valence-corrected chi connectivity index (χ2v) is 4.90. The van der Waals surface area contributed by atoms with E-state index in [0.717, 1.165) is 0 Å². The molecule has 1 atom stereocenters. The number of rotatable bonds is 6. The zero-order valence-corrected chi connectivity index (χ0v) is 11.3. The van der Waals surface area contributed by atoms with Crippen molar-refractivity contribution in [1.29, 1.82) is 0 Å². The molecule has 0 saturated carbocycles. The first-order chi connectivity index (χ1) is 8.85. The summed E-state index contributed by atoms with van der Waals surface area (Å²) in [5.74, 6) is -1.48. The normalized spacial score (nSPS) is 12.8. The standard InChI is InChI=1S/C14H19NO4/c1-14(2,19-3)9-11(13(17)18)15-12(16)10-7-5-4-6-8-10/h4-8,11H,9H2,1-3H3,(H,15,16)(H,17,18)/t11-/m0/s1. The smallest absolute Gasteiger partial charge is 0.326 e. The molecule has 0 fully saturated rings. The van der Waals surface area contributed by atoms with Crippen LogP contribution in [0.1, 0.15) is 30.6 Å². The SMILES string of the molecule is COC(C)(C)C[C@H](NC(=O)c1ccccc1)C(=O)O. The van der Waals surface area contributed by atoms with Crippen LogP contribution in [0.2, 0.25) is 0 Å². The zero-order chi connectivity index (χ0) is 14.5. The highest BCUT2D eigenvalue weighted by Crippen LogP contribution is 2.16. The lowest BCUT2D eigenvalue weighted by atomic mass is 9.98. The van der Waals surface area contributed by atoms with E-state index in [1.165, 1.54) is 7.11 Å². The van der Waals surface area contributed by atoms with Crippen LogP contribution in [-0.2, 0) is 9.53 Å². The minimum atomic E-state index is -1.07. The molecule has 1 aromatic carbocycles. The van der Waals surface area contributed by atoms with Crippen molar-refractivity contribution in [3.05, 3.63) is 35.9 Å². The van der Waals surface area contributed by atoms with E-state index in [-0.39, 0.29) is 6.42 Å². The van der Waals surface area contributed by atoms with Gasteiger partial charge in [0.25, 0.3) is 5.91 Å². The van der Waals surface area contributed by atoms with Crippen LogP contribution in [0.25, 0.3) is 0 Å². The molecule has 0 aliphatic carbocycles. The number of benzene rings is 1. The molecule has 1 rings (SSSR count). The molecule has 1 aromatic rings. The second kappa shape index (κ2) is 6.33. The Labute approximate surface area is 112 Å². The molecule has 0 unspecified atom stereocenters. The largest absolute Gasteiger partial charge is 0.480 e. The first kappa shape index (κ1) is 15.2. The monoisotopic (exact) mass is 265 g/mol. The van der Waals surface area contributed by atoms with E-state index in [4.69, 9.17) is 9.84 Å². The number of hydrogen-bond donors (Lipinski definition) is 2. The van der Waals surface area contributed by atoms with Crippen LogP contribution in [0.5, 0.6) is 0 Å². The Balaban J connectivity index is 2.75. The van der Waals surface area contributed by atoms with Gasteiger partial charge in [0, 0.05) is 19.1 Å². The lowest BCUT2D eigenvalue weighted by Crippen LogP contribution is -2.45. The molecule has 0 heterocycles. The van der Waals surface area contributed by atoms with Crippen molar-refractivity contribution in [1.82, 2.24) is 5.32 Å². The van der Waals surface area contributed by atoms with E-state index in [2.05, 4.69) is 5.32 Å². The van der Waals surface area contributed by atoms with Crippen molar-refractivity contribution in [3.63, 3.8) is 0 Å². The highest BCUT2D eigenvalue weighted by Gasteiger charge is 2.29. The van der Waals surface area contributed by atoms with Gasteiger partial charge in [-0.05, 0) is 26.0 Å². The van der Waals surface area contributed by atoms with Crippen LogP contribution in [-0.4, -0.2) is 35.7 Å². The fourth-order valence-electron chi connectivity index (χ4n) is 1.61. The predicted molar refractivity (Wildman–Crippen MR) is 71.0 cm³/mol. The molecule has 0 aromatic heterocycles. The molecular weight excluding hydrogens is 246 g/mol. The minimum Gasteiger partial charge on any atom is -0.480 e. The van der Waals surface area contributed by atoms with Crippen molar-refractivity contribution in [2.75, 3.05) is 7.11 Å². The number of carbonyl (C=O) groups excluding carboxylic acids is 1. The van der Waals surface area contributed by atoms with Gasteiger partial charge in [0.2, 0.25) is 0 Å². The average Bonchev–Trinajstić information content (AvgIpc) is 2.38. The number of ether oxygens (including phenoxy) is 1. The number of nitrogens with one attached hydrogen (secondary N) is 1. The quantitative estimate of drug-likeness (QED) is 0.820. The second-order valence-electron chi connectivity index (χ2n) is 4.90. The Morgan fingerprint density at radius 2 is 1.89 bits per heavy atom. The third-order valence-corrected chi connectivity index (χ3v) is 2.89. The first-order valence-corrected chi connectivity index (χ1v) is 5.99. The van der Waals surface area contributed by atoms with E-state index in [9.17, 15) is 9.59 Å². The molecule has 0 bridgehead atoms. The first-order valence-electron chi connectivity index (χ1n) is 5.99. The summed E-state index contributed by atoms with van der Waals surface area (Å²) in [5, 5.41) is 11.7. The minimum absolute atomic E-state index is 0.192. The van der Waals surface area contributed by atoms with Gasteiger partial charge in [0.1, 0.15) is 6.04 Å². The Kier molecular flexibility index (Phi) is 5.06. The maximum atomic E-state index is 11.9. The van der Waals surface area contributed by atoms with Crippen molar-refractivity contribution < 1.29 is 19.4 Å². The van der Waals surface area contributed by atoms with E-state index >= 15 is 0 Å². The van der Waals surface area contributed by atoms with Gasteiger partial charge in [-0.3, -0.25) is 4.79 Å². The highest BCUT2D eigenvalue weighted by atomic mass is 16.5. The van der Waals surface area contributed by atoms with Gasteiger partial charge in [-0.15, -0.1) is 0 Å². The van der Waals surface area contributed by atoms with Gasteiger partial charge >= 0.3 is 5.97 Å². The van der Waals surface area contributed by atoms with E-state index < -0.39 is 23.5 Å². The number of carboxylic acid groups (broad SMARTS) is 1. The Morgan fingerprint density at radius 1 is 1.32 bits per heavy atom. The van der Waals surface area contributed by atoms with Gasteiger partial charge in [-0.2, -0.15) is 0 Å². The summed E-state index contributed by atoms with van der Waals surface area (Å²) < 4.78 is 5.19. The lowest BCUT2D eigenvalue weighted by Gasteiger charge is -2.26. The molecule has 0 aliphatic rings. The Bertz CT molecular complexity index is 442. The molecular formula is C14H19NO4.